The van der Waals surface area contributed by atoms with E-state index in [1.807, 2.05) is 41.8 Å². The summed E-state index contributed by atoms with van der Waals surface area (Å²) in [6, 6.07) is 13.1. The third-order valence-corrected chi connectivity index (χ3v) is 5.41. The van der Waals surface area contributed by atoms with Crippen LogP contribution in [-0.4, -0.2) is 49.2 Å². The van der Waals surface area contributed by atoms with Crippen molar-refractivity contribution in [2.75, 3.05) is 27.4 Å². The number of methoxy groups -OCH3 is 2. The quantitative estimate of drug-likeness (QED) is 0.490. The van der Waals surface area contributed by atoms with Gasteiger partial charge >= 0.3 is 0 Å². The number of hydrogen-bond donors (Lipinski definition) is 1. The second kappa shape index (κ2) is 11.3. The van der Waals surface area contributed by atoms with Crippen LogP contribution in [0.25, 0.3) is 0 Å². The van der Waals surface area contributed by atoms with Crippen LogP contribution >= 0.6 is 11.3 Å². The van der Waals surface area contributed by atoms with Crippen molar-refractivity contribution < 1.29 is 23.6 Å². The molecule has 9 heteroatoms. The van der Waals surface area contributed by atoms with Gasteiger partial charge in [-0.25, -0.2) is 0 Å². The van der Waals surface area contributed by atoms with E-state index in [2.05, 4.69) is 10.5 Å². The van der Waals surface area contributed by atoms with Gasteiger partial charge in [0.05, 0.1) is 20.2 Å². The Morgan fingerprint density at radius 3 is 2.65 bits per heavy atom. The van der Waals surface area contributed by atoms with Crippen molar-refractivity contribution in [1.82, 2.24) is 15.4 Å². The van der Waals surface area contributed by atoms with E-state index in [-0.39, 0.29) is 30.7 Å². The Bertz CT molecular complexity index is 969. The minimum absolute atomic E-state index is 0.0295. The second-order valence-electron chi connectivity index (χ2n) is 6.79. The van der Waals surface area contributed by atoms with Gasteiger partial charge in [-0.1, -0.05) is 23.4 Å². The van der Waals surface area contributed by atoms with Gasteiger partial charge in [0.15, 0.2) is 11.5 Å². The normalized spacial score (nSPS) is 10.6. The first-order valence-electron chi connectivity index (χ1n) is 9.75. The first-order valence-corrected chi connectivity index (χ1v) is 10.6. The molecule has 2 heterocycles. The second-order valence-corrected chi connectivity index (χ2v) is 7.83. The van der Waals surface area contributed by atoms with Crippen molar-refractivity contribution >= 4 is 23.2 Å². The molecule has 2 aromatic heterocycles. The summed E-state index contributed by atoms with van der Waals surface area (Å²) in [5.41, 5.74) is 1.27. The van der Waals surface area contributed by atoms with Crippen LogP contribution in [0, 0.1) is 0 Å². The number of thiophene rings is 1. The maximum Gasteiger partial charge on any atom is 0.273 e. The lowest BCUT2D eigenvalue weighted by molar-refractivity contribution is -0.136. The highest BCUT2D eigenvalue weighted by Crippen LogP contribution is 2.16. The Balaban J connectivity index is 1.54. The summed E-state index contributed by atoms with van der Waals surface area (Å²) in [5, 5.41) is 8.64. The van der Waals surface area contributed by atoms with Crippen molar-refractivity contribution in [3.63, 3.8) is 0 Å². The molecule has 0 saturated heterocycles. The van der Waals surface area contributed by atoms with Crippen molar-refractivity contribution in [2.45, 2.75) is 19.5 Å². The summed E-state index contributed by atoms with van der Waals surface area (Å²) in [5.74, 6) is 0.732. The van der Waals surface area contributed by atoms with E-state index in [1.54, 1.807) is 29.4 Å². The number of ether oxygens (including phenoxy) is 2. The van der Waals surface area contributed by atoms with Gasteiger partial charge in [0, 0.05) is 24.6 Å². The molecule has 0 radical (unpaired) electrons. The zero-order chi connectivity index (χ0) is 22.1. The standard InChI is InChI=1S/C22H25N3O5S/c1-28-15-21(26)25(14-19-4-3-11-31-19)13-18-12-20(24-30-18)22(27)23-10-9-16-5-7-17(29-2)8-6-16/h3-8,11-12H,9-10,13-15H2,1-2H3,(H,23,27). The molecule has 0 spiro atoms. The molecule has 3 aromatic rings. The van der Waals surface area contributed by atoms with Gasteiger partial charge in [-0.3, -0.25) is 9.59 Å². The van der Waals surface area contributed by atoms with E-state index in [0.29, 0.717) is 25.3 Å². The largest absolute Gasteiger partial charge is 0.497 e. The molecule has 0 fully saturated rings. The Kier molecular flexibility index (Phi) is 8.19. The average Bonchev–Trinajstić information content (AvgIpc) is 3.46. The molecule has 8 nitrogen and oxygen atoms in total. The van der Waals surface area contributed by atoms with Crippen LogP contribution < -0.4 is 10.1 Å². The van der Waals surface area contributed by atoms with E-state index in [0.717, 1.165) is 16.2 Å². The molecule has 1 aromatic carbocycles. The number of rotatable bonds is 11. The molecule has 0 unspecified atom stereocenters. The van der Waals surface area contributed by atoms with Gasteiger partial charge < -0.3 is 24.2 Å². The van der Waals surface area contributed by atoms with Crippen LogP contribution in [0.4, 0.5) is 0 Å². The van der Waals surface area contributed by atoms with Gasteiger partial charge in [0.1, 0.15) is 12.4 Å². The summed E-state index contributed by atoms with van der Waals surface area (Å²) in [6.45, 7) is 1.07. The average molecular weight is 444 g/mol. The molecule has 1 N–H and O–H groups in total. The number of amides is 2. The maximum absolute atomic E-state index is 12.4. The predicted molar refractivity (Wildman–Crippen MR) is 116 cm³/mol. The van der Waals surface area contributed by atoms with Crippen LogP contribution in [0.15, 0.2) is 52.4 Å². The highest BCUT2D eigenvalue weighted by molar-refractivity contribution is 7.09. The Morgan fingerprint density at radius 1 is 1.16 bits per heavy atom. The van der Waals surface area contributed by atoms with Crippen molar-refractivity contribution in [3.8, 4) is 5.75 Å². The fourth-order valence-corrected chi connectivity index (χ4v) is 3.64. The van der Waals surface area contributed by atoms with Gasteiger partial charge in [0.25, 0.3) is 5.91 Å². The number of hydrogen-bond acceptors (Lipinski definition) is 7. The van der Waals surface area contributed by atoms with Crippen LogP contribution in [-0.2, 0) is 29.0 Å². The summed E-state index contributed by atoms with van der Waals surface area (Å²) in [4.78, 5) is 27.4. The first-order chi connectivity index (χ1) is 15.1. The van der Waals surface area contributed by atoms with Crippen LogP contribution in [0.5, 0.6) is 5.75 Å². The van der Waals surface area contributed by atoms with E-state index in [4.69, 9.17) is 14.0 Å². The Labute approximate surface area is 184 Å². The third-order valence-electron chi connectivity index (χ3n) is 4.54. The van der Waals surface area contributed by atoms with E-state index in [1.165, 1.54) is 7.11 Å². The van der Waals surface area contributed by atoms with Crippen LogP contribution in [0.1, 0.15) is 26.7 Å². The highest BCUT2D eigenvalue weighted by Gasteiger charge is 2.19. The topological polar surface area (TPSA) is 93.9 Å². The molecule has 31 heavy (non-hydrogen) atoms. The molecule has 2 amide bonds. The molecule has 0 saturated carbocycles. The van der Waals surface area contributed by atoms with Gasteiger partial charge in [-0.2, -0.15) is 0 Å². The zero-order valence-electron chi connectivity index (χ0n) is 17.5. The number of benzene rings is 1. The van der Waals surface area contributed by atoms with E-state index < -0.39 is 0 Å². The molecule has 0 atom stereocenters. The number of nitrogens with zero attached hydrogens (tertiary/aromatic N) is 2. The number of nitrogens with one attached hydrogen (secondary N) is 1. The lowest BCUT2D eigenvalue weighted by Gasteiger charge is -2.20. The van der Waals surface area contributed by atoms with Gasteiger partial charge in [-0.05, 0) is 35.6 Å². The molecule has 0 aliphatic rings. The molecule has 3 rings (SSSR count). The smallest absolute Gasteiger partial charge is 0.273 e. The lowest BCUT2D eigenvalue weighted by Crippen LogP contribution is -2.32. The summed E-state index contributed by atoms with van der Waals surface area (Å²) >= 11 is 1.56. The molecule has 0 aliphatic heterocycles. The Hall–Kier alpha value is -3.17. The predicted octanol–water partition coefficient (Wildman–Crippen LogP) is 2.89. The molecular weight excluding hydrogens is 418 g/mol. The maximum atomic E-state index is 12.4. The fraction of sp³-hybridized carbons (Fsp3) is 0.318. The summed E-state index contributed by atoms with van der Waals surface area (Å²) < 4.78 is 15.4. The van der Waals surface area contributed by atoms with Gasteiger partial charge in [-0.15, -0.1) is 11.3 Å². The molecule has 164 valence electrons. The zero-order valence-corrected chi connectivity index (χ0v) is 18.3. The minimum Gasteiger partial charge on any atom is -0.497 e. The summed E-state index contributed by atoms with van der Waals surface area (Å²) in [7, 11) is 3.10. The first kappa shape index (κ1) is 22.5. The van der Waals surface area contributed by atoms with Crippen molar-refractivity contribution in [2.24, 2.45) is 0 Å². The molecule has 0 aliphatic carbocycles. The van der Waals surface area contributed by atoms with Crippen molar-refractivity contribution in [3.05, 3.63) is 69.7 Å². The fourth-order valence-electron chi connectivity index (χ4n) is 2.92. The third kappa shape index (κ3) is 6.66. The molecular formula is C22H25N3O5S. The van der Waals surface area contributed by atoms with Gasteiger partial charge in [0.2, 0.25) is 5.91 Å². The summed E-state index contributed by atoms with van der Waals surface area (Å²) in [6.07, 6.45) is 0.681. The Morgan fingerprint density at radius 2 is 1.97 bits per heavy atom. The van der Waals surface area contributed by atoms with Crippen LogP contribution in [0.2, 0.25) is 0 Å². The van der Waals surface area contributed by atoms with Crippen LogP contribution in [0.3, 0.4) is 0 Å². The monoisotopic (exact) mass is 443 g/mol. The van der Waals surface area contributed by atoms with E-state index in [9.17, 15) is 9.59 Å². The minimum atomic E-state index is -0.323. The number of carbonyl (C=O) groups excluding carboxylic acids is 2. The van der Waals surface area contributed by atoms with E-state index >= 15 is 0 Å². The van der Waals surface area contributed by atoms with Crippen molar-refractivity contribution in [1.29, 1.82) is 0 Å². The lowest BCUT2D eigenvalue weighted by atomic mass is 10.1. The number of carbonyl (C=O) groups is 2. The SMILES string of the molecule is COCC(=O)N(Cc1cc(C(=O)NCCc2ccc(OC)cc2)no1)Cc1cccs1. The highest BCUT2D eigenvalue weighted by atomic mass is 32.1. The molecule has 0 bridgehead atoms. The number of aromatic nitrogens is 1.